The lowest BCUT2D eigenvalue weighted by molar-refractivity contribution is -0.123. The van der Waals surface area contributed by atoms with Crippen molar-refractivity contribution in [2.45, 2.75) is 14.1 Å². The van der Waals surface area contributed by atoms with Gasteiger partial charge in [-0.3, -0.25) is 9.59 Å². The summed E-state index contributed by atoms with van der Waals surface area (Å²) in [4.78, 5) is 22.9. The number of allylic oxidation sites excluding steroid dienone is 2. The van der Waals surface area contributed by atoms with Crippen LogP contribution in [0.2, 0.25) is 0 Å². The zero-order valence-corrected chi connectivity index (χ0v) is 16.4. The van der Waals surface area contributed by atoms with E-state index in [1.165, 1.54) is 18.2 Å². The van der Waals surface area contributed by atoms with E-state index in [-0.39, 0.29) is 15.8 Å². The minimum Gasteiger partial charge on any atom is -0.274 e. The normalized spacial score (nSPS) is 38.8. The lowest BCUT2D eigenvalue weighted by Crippen LogP contribution is -2.50. The number of rotatable bonds is 1. The van der Waals surface area contributed by atoms with E-state index >= 15 is 0 Å². The second-order valence-corrected chi connectivity index (χ2v) is 9.32. The molecule has 132 valence electrons. The van der Waals surface area contributed by atoms with E-state index in [4.69, 9.17) is 69.6 Å². The van der Waals surface area contributed by atoms with Gasteiger partial charge in [-0.15, -0.1) is 23.2 Å². The number of halogens is 7. The summed E-state index contributed by atoms with van der Waals surface area (Å²) in [5.41, 5.74) is -0.214. The van der Waals surface area contributed by atoms with Crippen LogP contribution >= 0.6 is 69.6 Å². The maximum Gasteiger partial charge on any atom is 0.240 e. The van der Waals surface area contributed by atoms with Gasteiger partial charge in [0.1, 0.15) is 15.6 Å². The maximum absolute atomic E-state index is 14.1. The lowest BCUT2D eigenvalue weighted by atomic mass is 9.84. The number of hydrogen-bond acceptors (Lipinski definition) is 2. The van der Waals surface area contributed by atoms with Crippen LogP contribution in [0.5, 0.6) is 0 Å². The number of nitrogens with zero attached hydrogens (tertiary/aromatic N) is 1. The zero-order chi connectivity index (χ0) is 18.5. The summed E-state index contributed by atoms with van der Waals surface area (Å²) in [6.07, 6.45) is 0. The SMILES string of the molecule is O=C1[C@H]2[C@H](C(=O)N1c1ccccc1F)[C@@]1(Cl)C(Cl)=C(Cl)[C@@]2(Cl)C1(Cl)Cl. The third-order valence-corrected chi connectivity index (χ3v) is 9.26. The van der Waals surface area contributed by atoms with Gasteiger partial charge < -0.3 is 0 Å². The average Bonchev–Trinajstić information content (AvgIpc) is 2.93. The topological polar surface area (TPSA) is 37.4 Å². The monoisotopic (exact) mass is 461 g/mol. The van der Waals surface area contributed by atoms with Gasteiger partial charge in [0, 0.05) is 0 Å². The summed E-state index contributed by atoms with van der Waals surface area (Å²) >= 11 is 38.2. The first-order valence-electron chi connectivity index (χ1n) is 6.97. The number of fused-ring (bicyclic) bond motifs is 5. The molecule has 0 aromatic heterocycles. The molecule has 2 aliphatic carbocycles. The minimum absolute atomic E-state index is 0.186. The predicted molar refractivity (Wildman–Crippen MR) is 96.2 cm³/mol. The van der Waals surface area contributed by atoms with Crippen molar-refractivity contribution in [3.05, 3.63) is 40.1 Å². The quantitative estimate of drug-likeness (QED) is 0.444. The fourth-order valence-corrected chi connectivity index (χ4v) is 6.79. The largest absolute Gasteiger partial charge is 0.274 e. The van der Waals surface area contributed by atoms with Crippen LogP contribution in [-0.2, 0) is 9.59 Å². The molecule has 0 unspecified atom stereocenters. The average molecular weight is 464 g/mol. The van der Waals surface area contributed by atoms with Crippen molar-refractivity contribution in [3.8, 4) is 0 Å². The Morgan fingerprint density at radius 3 is 1.76 bits per heavy atom. The summed E-state index contributed by atoms with van der Waals surface area (Å²) in [5.74, 6) is -4.87. The Labute approximate surface area is 171 Å². The number of hydrogen-bond donors (Lipinski definition) is 0. The molecule has 0 radical (unpaired) electrons. The van der Waals surface area contributed by atoms with Crippen LogP contribution in [0.1, 0.15) is 0 Å². The summed E-state index contributed by atoms with van der Waals surface area (Å²) in [6.45, 7) is 0. The molecule has 3 nitrogen and oxygen atoms in total. The first-order valence-corrected chi connectivity index (χ1v) is 9.24. The smallest absolute Gasteiger partial charge is 0.240 e. The highest BCUT2D eigenvalue weighted by molar-refractivity contribution is 6.67. The van der Waals surface area contributed by atoms with Crippen LogP contribution in [0.15, 0.2) is 34.3 Å². The Hall–Kier alpha value is -0.230. The summed E-state index contributed by atoms with van der Waals surface area (Å²) < 4.78 is 12.1. The molecule has 0 spiro atoms. The number of amides is 2. The fraction of sp³-hybridized carbons (Fsp3) is 0.333. The Morgan fingerprint density at radius 1 is 0.880 bits per heavy atom. The van der Waals surface area contributed by atoms with Crippen molar-refractivity contribution in [2.75, 3.05) is 4.90 Å². The molecule has 1 aromatic rings. The molecule has 2 amide bonds. The molecular formula is C15H6Cl6FNO2. The van der Waals surface area contributed by atoms with Crippen molar-refractivity contribution < 1.29 is 14.0 Å². The Kier molecular flexibility index (Phi) is 3.76. The molecule has 1 saturated heterocycles. The summed E-state index contributed by atoms with van der Waals surface area (Å²) in [5, 5.41) is -0.373. The lowest BCUT2D eigenvalue weighted by Gasteiger charge is -2.34. The van der Waals surface area contributed by atoms with Crippen molar-refractivity contribution in [1.82, 2.24) is 0 Å². The number of imide groups is 1. The molecule has 4 atom stereocenters. The molecule has 1 saturated carbocycles. The van der Waals surface area contributed by atoms with E-state index in [2.05, 4.69) is 0 Å². The van der Waals surface area contributed by atoms with Crippen LogP contribution in [0.4, 0.5) is 10.1 Å². The van der Waals surface area contributed by atoms with Crippen molar-refractivity contribution in [3.63, 3.8) is 0 Å². The molecule has 1 aromatic carbocycles. The van der Waals surface area contributed by atoms with E-state index < -0.39 is 43.5 Å². The van der Waals surface area contributed by atoms with Gasteiger partial charge in [0.2, 0.25) is 11.8 Å². The third kappa shape index (κ3) is 1.73. The Morgan fingerprint density at radius 2 is 1.32 bits per heavy atom. The third-order valence-electron chi connectivity index (χ3n) is 5.00. The second-order valence-electron chi connectivity index (χ2n) is 6.04. The zero-order valence-electron chi connectivity index (χ0n) is 11.9. The first-order chi connectivity index (χ1) is 11.5. The van der Waals surface area contributed by atoms with Gasteiger partial charge >= 0.3 is 0 Å². The number of alkyl halides is 4. The number of benzene rings is 1. The standard InChI is InChI=1S/C15H6Cl6FNO2/c16-9-10(17)14(19)8-7(13(9,18)15(14,20)21)11(24)23(12(8)25)6-4-2-1-3-5(6)22/h1-4,7-8H/t7-,8-,13-,14-/m1/s1. The minimum atomic E-state index is -2.00. The molecule has 25 heavy (non-hydrogen) atoms. The van der Waals surface area contributed by atoms with Crippen molar-refractivity contribution in [1.29, 1.82) is 0 Å². The molecule has 2 fully saturated rings. The van der Waals surface area contributed by atoms with Crippen LogP contribution in [0.3, 0.4) is 0 Å². The van der Waals surface area contributed by atoms with Crippen molar-refractivity contribution >= 4 is 87.1 Å². The highest BCUT2D eigenvalue weighted by atomic mass is 35.5. The number of para-hydroxylation sites is 1. The van der Waals surface area contributed by atoms with Gasteiger partial charge in [-0.05, 0) is 12.1 Å². The number of anilines is 1. The molecule has 1 heterocycles. The molecule has 4 rings (SSSR count). The highest BCUT2D eigenvalue weighted by Crippen LogP contribution is 2.77. The van der Waals surface area contributed by atoms with Crippen LogP contribution in [-0.4, -0.2) is 25.9 Å². The van der Waals surface area contributed by atoms with Gasteiger partial charge in [-0.25, -0.2) is 9.29 Å². The Balaban J connectivity index is 1.94. The molecule has 0 N–H and O–H groups in total. The molecule has 2 bridgehead atoms. The van der Waals surface area contributed by atoms with Crippen LogP contribution in [0.25, 0.3) is 0 Å². The van der Waals surface area contributed by atoms with E-state index in [9.17, 15) is 14.0 Å². The van der Waals surface area contributed by atoms with E-state index in [0.29, 0.717) is 4.90 Å². The Bertz CT molecular complexity index is 843. The van der Waals surface area contributed by atoms with Gasteiger partial charge in [0.25, 0.3) is 0 Å². The van der Waals surface area contributed by atoms with Crippen molar-refractivity contribution in [2.24, 2.45) is 11.8 Å². The molecule has 10 heteroatoms. The molecular weight excluding hydrogens is 458 g/mol. The van der Waals surface area contributed by atoms with Crippen LogP contribution in [0, 0.1) is 17.7 Å². The first kappa shape index (κ1) is 18.1. The second kappa shape index (κ2) is 5.18. The highest BCUT2D eigenvalue weighted by Gasteiger charge is 2.87. The van der Waals surface area contributed by atoms with Gasteiger partial charge in [0.15, 0.2) is 4.33 Å². The van der Waals surface area contributed by atoms with Gasteiger partial charge in [0.05, 0.1) is 27.6 Å². The molecule has 1 aliphatic heterocycles. The van der Waals surface area contributed by atoms with Gasteiger partial charge in [-0.1, -0.05) is 58.5 Å². The number of carbonyl (C=O) groups is 2. The van der Waals surface area contributed by atoms with Gasteiger partial charge in [-0.2, -0.15) is 0 Å². The fourth-order valence-electron chi connectivity index (χ4n) is 3.87. The maximum atomic E-state index is 14.1. The van der Waals surface area contributed by atoms with E-state index in [0.717, 1.165) is 6.07 Å². The summed E-state index contributed by atoms with van der Waals surface area (Å²) in [6, 6.07) is 5.33. The van der Waals surface area contributed by atoms with Crippen LogP contribution < -0.4 is 4.90 Å². The number of carbonyl (C=O) groups excluding carboxylic acids is 2. The van der Waals surface area contributed by atoms with E-state index in [1.807, 2.05) is 0 Å². The molecule has 3 aliphatic rings. The predicted octanol–water partition coefficient (Wildman–Crippen LogP) is 4.78. The summed E-state index contributed by atoms with van der Waals surface area (Å²) in [7, 11) is 0. The van der Waals surface area contributed by atoms with E-state index in [1.54, 1.807) is 0 Å².